The van der Waals surface area contributed by atoms with Gasteiger partial charge in [-0.3, -0.25) is 5.10 Å². The van der Waals surface area contributed by atoms with E-state index in [2.05, 4.69) is 30.3 Å². The van der Waals surface area contributed by atoms with Crippen LogP contribution in [-0.4, -0.2) is 16.5 Å². The summed E-state index contributed by atoms with van der Waals surface area (Å²) in [5.41, 5.74) is 2.48. The summed E-state index contributed by atoms with van der Waals surface area (Å²) in [4.78, 5) is 1.34. The van der Waals surface area contributed by atoms with Gasteiger partial charge in [-0.15, -0.1) is 11.8 Å². The van der Waals surface area contributed by atoms with Crippen molar-refractivity contribution in [1.82, 2.24) is 10.2 Å². The molecule has 0 aliphatic heterocycles. The van der Waals surface area contributed by atoms with Crippen LogP contribution >= 0.6 is 11.8 Å². The predicted octanol–water partition coefficient (Wildman–Crippen LogP) is 2.26. The first kappa shape index (κ1) is 8.65. The number of aryl methyl sites for hydroxylation is 2. The van der Waals surface area contributed by atoms with Gasteiger partial charge < -0.3 is 0 Å². The Morgan fingerprint density at radius 2 is 2.09 bits per heavy atom. The average Bonchev–Trinajstić information content (AvgIpc) is 2.45. The molecule has 0 spiro atoms. The van der Waals surface area contributed by atoms with Crippen molar-refractivity contribution < 1.29 is 0 Å². The molecule has 0 bridgehead atoms. The number of aromatic amines is 1. The largest absolute Gasteiger partial charge is 0.281 e. The quantitative estimate of drug-likeness (QED) is 0.705. The van der Waals surface area contributed by atoms with Crippen LogP contribution in [0.5, 0.6) is 0 Å². The molecule has 1 rings (SSSR count). The molecule has 1 heterocycles. The van der Waals surface area contributed by atoms with E-state index < -0.39 is 0 Å². The summed E-state index contributed by atoms with van der Waals surface area (Å²) in [5.74, 6) is 0. The molecule has 0 fully saturated rings. The van der Waals surface area contributed by atoms with E-state index >= 15 is 0 Å². The minimum absolute atomic E-state index is 1.02. The van der Waals surface area contributed by atoms with Crippen molar-refractivity contribution in [3.63, 3.8) is 0 Å². The van der Waals surface area contributed by atoms with Crippen LogP contribution in [0.15, 0.2) is 4.90 Å². The van der Waals surface area contributed by atoms with E-state index in [-0.39, 0.29) is 0 Å². The SMILES string of the molecule is CCc1n[nH]c(CC)c1SC. The van der Waals surface area contributed by atoms with Gasteiger partial charge in [-0.05, 0) is 19.1 Å². The summed E-state index contributed by atoms with van der Waals surface area (Å²) in [7, 11) is 0. The number of hydrogen-bond donors (Lipinski definition) is 1. The molecule has 0 radical (unpaired) electrons. The van der Waals surface area contributed by atoms with Gasteiger partial charge in [0.1, 0.15) is 0 Å². The predicted molar refractivity (Wildman–Crippen MR) is 49.1 cm³/mol. The van der Waals surface area contributed by atoms with Crippen molar-refractivity contribution in [2.45, 2.75) is 31.6 Å². The van der Waals surface area contributed by atoms with E-state index in [1.165, 1.54) is 16.3 Å². The first-order valence-corrected chi connectivity index (χ1v) is 5.16. The maximum atomic E-state index is 4.23. The molecule has 2 nitrogen and oxygen atoms in total. The van der Waals surface area contributed by atoms with Crippen molar-refractivity contribution in [1.29, 1.82) is 0 Å². The summed E-state index contributed by atoms with van der Waals surface area (Å²) in [5, 5.41) is 7.29. The number of nitrogens with one attached hydrogen (secondary N) is 1. The fraction of sp³-hybridized carbons (Fsp3) is 0.625. The Labute approximate surface area is 71.8 Å². The molecule has 0 saturated carbocycles. The smallest absolute Gasteiger partial charge is 0.0757 e. The van der Waals surface area contributed by atoms with E-state index in [0.717, 1.165) is 12.8 Å². The molecule has 0 saturated heterocycles. The van der Waals surface area contributed by atoms with Crippen molar-refractivity contribution in [2.24, 2.45) is 0 Å². The van der Waals surface area contributed by atoms with Crippen LogP contribution in [0.2, 0.25) is 0 Å². The maximum absolute atomic E-state index is 4.23. The van der Waals surface area contributed by atoms with E-state index in [4.69, 9.17) is 0 Å². The highest BCUT2D eigenvalue weighted by molar-refractivity contribution is 7.98. The molecule has 0 unspecified atom stereocenters. The lowest BCUT2D eigenvalue weighted by Crippen LogP contribution is -1.83. The number of aromatic nitrogens is 2. The van der Waals surface area contributed by atoms with E-state index in [9.17, 15) is 0 Å². The Morgan fingerprint density at radius 1 is 1.36 bits per heavy atom. The van der Waals surface area contributed by atoms with Crippen LogP contribution in [0.1, 0.15) is 25.2 Å². The lowest BCUT2D eigenvalue weighted by molar-refractivity contribution is 0.936. The number of nitrogens with zero attached hydrogens (tertiary/aromatic N) is 1. The minimum Gasteiger partial charge on any atom is -0.281 e. The Hall–Kier alpha value is -0.440. The third kappa shape index (κ3) is 1.59. The van der Waals surface area contributed by atoms with Gasteiger partial charge in [0.15, 0.2) is 0 Å². The highest BCUT2D eigenvalue weighted by atomic mass is 32.2. The van der Waals surface area contributed by atoms with Gasteiger partial charge in [-0.2, -0.15) is 5.10 Å². The molecular weight excluding hydrogens is 156 g/mol. The third-order valence-electron chi connectivity index (χ3n) is 1.75. The standard InChI is InChI=1S/C8H14N2S/c1-4-6-8(11-3)7(5-2)10-9-6/h4-5H2,1-3H3,(H,9,10). The summed E-state index contributed by atoms with van der Waals surface area (Å²) < 4.78 is 0. The Bertz CT molecular complexity index is 208. The summed E-state index contributed by atoms with van der Waals surface area (Å²) in [6, 6.07) is 0. The van der Waals surface area contributed by atoms with Gasteiger partial charge in [-0.1, -0.05) is 13.8 Å². The van der Waals surface area contributed by atoms with Crippen LogP contribution < -0.4 is 0 Å². The molecule has 0 atom stereocenters. The molecule has 1 aromatic heterocycles. The number of rotatable bonds is 3. The van der Waals surface area contributed by atoms with Crippen molar-refractivity contribution in [3.05, 3.63) is 11.4 Å². The zero-order valence-corrected chi connectivity index (χ0v) is 8.09. The van der Waals surface area contributed by atoms with E-state index in [1.807, 2.05) is 0 Å². The van der Waals surface area contributed by atoms with Crippen LogP contribution in [0.3, 0.4) is 0 Å². The summed E-state index contributed by atoms with van der Waals surface area (Å²) in [6.45, 7) is 4.28. The normalized spacial score (nSPS) is 10.5. The fourth-order valence-electron chi connectivity index (χ4n) is 1.13. The molecule has 0 aliphatic rings. The van der Waals surface area contributed by atoms with Gasteiger partial charge in [0, 0.05) is 5.69 Å². The molecule has 11 heavy (non-hydrogen) atoms. The van der Waals surface area contributed by atoms with Crippen molar-refractivity contribution >= 4 is 11.8 Å². The number of hydrogen-bond acceptors (Lipinski definition) is 2. The fourth-order valence-corrected chi connectivity index (χ4v) is 1.99. The monoisotopic (exact) mass is 170 g/mol. The maximum Gasteiger partial charge on any atom is 0.0757 e. The Morgan fingerprint density at radius 3 is 2.55 bits per heavy atom. The van der Waals surface area contributed by atoms with Crippen LogP contribution in [0.4, 0.5) is 0 Å². The molecule has 3 heteroatoms. The van der Waals surface area contributed by atoms with E-state index in [0.29, 0.717) is 0 Å². The van der Waals surface area contributed by atoms with E-state index in [1.54, 1.807) is 11.8 Å². The first-order valence-electron chi connectivity index (χ1n) is 3.93. The summed E-state index contributed by atoms with van der Waals surface area (Å²) in [6.07, 6.45) is 4.17. The van der Waals surface area contributed by atoms with Gasteiger partial charge in [0.05, 0.1) is 10.6 Å². The molecule has 0 amide bonds. The molecule has 62 valence electrons. The van der Waals surface area contributed by atoms with Crippen molar-refractivity contribution in [3.8, 4) is 0 Å². The van der Waals surface area contributed by atoms with Crippen molar-refractivity contribution in [2.75, 3.05) is 6.26 Å². The lowest BCUT2D eigenvalue weighted by Gasteiger charge is -1.96. The Kier molecular flexibility index (Phi) is 3.00. The highest BCUT2D eigenvalue weighted by Crippen LogP contribution is 2.23. The van der Waals surface area contributed by atoms with Crippen LogP contribution in [0, 0.1) is 0 Å². The second-order valence-electron chi connectivity index (χ2n) is 2.39. The zero-order chi connectivity index (χ0) is 8.27. The number of thioether (sulfide) groups is 1. The third-order valence-corrected chi connectivity index (χ3v) is 2.64. The second kappa shape index (κ2) is 3.81. The first-order chi connectivity index (χ1) is 5.33. The van der Waals surface area contributed by atoms with Gasteiger partial charge >= 0.3 is 0 Å². The van der Waals surface area contributed by atoms with Gasteiger partial charge in [0.25, 0.3) is 0 Å². The summed E-state index contributed by atoms with van der Waals surface area (Å²) >= 11 is 1.78. The molecule has 1 N–H and O–H groups in total. The van der Waals surface area contributed by atoms with Gasteiger partial charge in [-0.25, -0.2) is 0 Å². The minimum atomic E-state index is 1.02. The topological polar surface area (TPSA) is 28.7 Å². The second-order valence-corrected chi connectivity index (χ2v) is 3.21. The molecular formula is C8H14N2S. The number of H-pyrrole nitrogens is 1. The molecule has 1 aromatic rings. The van der Waals surface area contributed by atoms with Crippen LogP contribution in [0.25, 0.3) is 0 Å². The highest BCUT2D eigenvalue weighted by Gasteiger charge is 2.07. The average molecular weight is 170 g/mol. The lowest BCUT2D eigenvalue weighted by atomic mass is 10.3. The Balaban J connectivity index is 2.99. The molecule has 0 aliphatic carbocycles. The molecule has 0 aromatic carbocycles. The zero-order valence-electron chi connectivity index (χ0n) is 7.27. The van der Waals surface area contributed by atoms with Crippen LogP contribution in [-0.2, 0) is 12.8 Å². The van der Waals surface area contributed by atoms with Gasteiger partial charge in [0.2, 0.25) is 0 Å².